The van der Waals surface area contributed by atoms with Gasteiger partial charge < -0.3 is 5.32 Å². The maximum absolute atomic E-state index is 12.0. The first-order valence-corrected chi connectivity index (χ1v) is 5.39. The Morgan fingerprint density at radius 1 is 1.59 bits per heavy atom. The van der Waals surface area contributed by atoms with Gasteiger partial charge in [0.1, 0.15) is 11.3 Å². The van der Waals surface area contributed by atoms with Gasteiger partial charge in [0.2, 0.25) is 0 Å². The predicted molar refractivity (Wildman–Crippen MR) is 65.7 cm³/mol. The van der Waals surface area contributed by atoms with Crippen molar-refractivity contribution in [3.63, 3.8) is 0 Å². The highest BCUT2D eigenvalue weighted by Gasteiger charge is 2.15. The molecule has 0 spiro atoms. The molecule has 0 saturated heterocycles. The maximum atomic E-state index is 12.0. The fourth-order valence-electron chi connectivity index (χ4n) is 1.72. The Bertz CT molecular complexity index is 592. The number of imidazole rings is 1. The van der Waals surface area contributed by atoms with E-state index < -0.39 is 0 Å². The number of aromatic nitrogens is 2. The van der Waals surface area contributed by atoms with E-state index in [0.717, 1.165) is 11.3 Å². The molecule has 0 bridgehead atoms. The Hall–Kier alpha value is -2.28. The number of hydrogen-bond acceptors (Lipinski definition) is 2. The second kappa shape index (κ2) is 4.71. The van der Waals surface area contributed by atoms with E-state index in [9.17, 15) is 4.79 Å². The van der Waals surface area contributed by atoms with E-state index in [0.29, 0.717) is 18.7 Å². The van der Waals surface area contributed by atoms with Gasteiger partial charge in [0.15, 0.2) is 0 Å². The first-order chi connectivity index (χ1) is 8.24. The highest BCUT2D eigenvalue weighted by atomic mass is 16.1. The second-order valence-electron chi connectivity index (χ2n) is 3.68. The largest absolute Gasteiger partial charge is 0.350 e. The molecule has 2 rings (SSSR count). The van der Waals surface area contributed by atoms with Crippen molar-refractivity contribution in [3.05, 3.63) is 35.8 Å². The smallest absolute Gasteiger partial charge is 0.270 e. The summed E-state index contributed by atoms with van der Waals surface area (Å²) >= 11 is 0. The molecule has 1 N–H and O–H groups in total. The third kappa shape index (κ3) is 2.13. The van der Waals surface area contributed by atoms with Crippen molar-refractivity contribution in [2.45, 2.75) is 13.3 Å². The minimum Gasteiger partial charge on any atom is -0.350 e. The molecule has 0 aliphatic heterocycles. The van der Waals surface area contributed by atoms with Gasteiger partial charge >= 0.3 is 0 Å². The first kappa shape index (κ1) is 11.2. The fraction of sp³-hybridized carbons (Fsp3) is 0.231. The van der Waals surface area contributed by atoms with Crippen LogP contribution in [-0.2, 0) is 0 Å². The summed E-state index contributed by atoms with van der Waals surface area (Å²) in [5.74, 6) is 2.34. The molecule has 0 aliphatic carbocycles. The molecule has 0 radical (unpaired) electrons. The number of nitrogens with zero attached hydrogens (tertiary/aromatic N) is 2. The molecule has 0 aromatic carbocycles. The van der Waals surface area contributed by atoms with Crippen LogP contribution < -0.4 is 5.32 Å². The van der Waals surface area contributed by atoms with E-state index in [-0.39, 0.29) is 5.91 Å². The molecule has 2 aromatic rings. The third-order valence-electron chi connectivity index (χ3n) is 2.47. The van der Waals surface area contributed by atoms with Crippen LogP contribution in [0.3, 0.4) is 0 Å². The van der Waals surface area contributed by atoms with Crippen LogP contribution in [0, 0.1) is 19.3 Å². The number of pyridine rings is 1. The summed E-state index contributed by atoms with van der Waals surface area (Å²) in [6.45, 7) is 2.30. The summed E-state index contributed by atoms with van der Waals surface area (Å²) in [7, 11) is 0. The summed E-state index contributed by atoms with van der Waals surface area (Å²) in [4.78, 5) is 16.3. The van der Waals surface area contributed by atoms with Crippen LogP contribution in [0.4, 0.5) is 0 Å². The molecule has 0 saturated carbocycles. The average Bonchev–Trinajstić information content (AvgIpc) is 2.65. The highest BCUT2D eigenvalue weighted by Crippen LogP contribution is 2.11. The van der Waals surface area contributed by atoms with Gasteiger partial charge in [0, 0.05) is 19.2 Å². The molecular weight excluding hydrogens is 214 g/mol. The van der Waals surface area contributed by atoms with Crippen LogP contribution in [0.5, 0.6) is 0 Å². The number of terminal acetylenes is 1. The number of fused-ring (bicyclic) bond motifs is 1. The van der Waals surface area contributed by atoms with Crippen molar-refractivity contribution in [2.24, 2.45) is 0 Å². The zero-order valence-electron chi connectivity index (χ0n) is 9.60. The molecule has 4 nitrogen and oxygen atoms in total. The van der Waals surface area contributed by atoms with Gasteiger partial charge in [0.05, 0.1) is 5.69 Å². The Labute approximate surface area is 99.7 Å². The summed E-state index contributed by atoms with van der Waals surface area (Å²) in [5, 5.41) is 2.78. The van der Waals surface area contributed by atoms with Crippen molar-refractivity contribution in [3.8, 4) is 12.3 Å². The van der Waals surface area contributed by atoms with E-state index in [1.54, 1.807) is 4.40 Å². The minimum atomic E-state index is -0.142. The molecule has 17 heavy (non-hydrogen) atoms. The summed E-state index contributed by atoms with van der Waals surface area (Å²) in [6, 6.07) is 5.62. The van der Waals surface area contributed by atoms with Crippen LogP contribution in [0.25, 0.3) is 5.65 Å². The lowest BCUT2D eigenvalue weighted by atomic mass is 10.3. The lowest BCUT2D eigenvalue weighted by Crippen LogP contribution is -2.26. The summed E-state index contributed by atoms with van der Waals surface area (Å²) in [6.07, 6.45) is 7.49. The van der Waals surface area contributed by atoms with E-state index >= 15 is 0 Å². The fourth-order valence-corrected chi connectivity index (χ4v) is 1.72. The molecule has 1 amide bonds. The highest BCUT2D eigenvalue weighted by molar-refractivity contribution is 5.94. The number of carbonyl (C=O) groups excluding carboxylic acids is 1. The quantitative estimate of drug-likeness (QED) is 0.636. The van der Waals surface area contributed by atoms with Crippen LogP contribution in [0.15, 0.2) is 24.4 Å². The Morgan fingerprint density at radius 2 is 2.41 bits per heavy atom. The summed E-state index contributed by atoms with van der Waals surface area (Å²) < 4.78 is 1.78. The first-order valence-electron chi connectivity index (χ1n) is 5.39. The van der Waals surface area contributed by atoms with Gasteiger partial charge in [0.25, 0.3) is 5.91 Å². The zero-order valence-corrected chi connectivity index (χ0v) is 9.60. The van der Waals surface area contributed by atoms with E-state index in [1.165, 1.54) is 0 Å². The number of amides is 1. The number of hydrogen-bond donors (Lipinski definition) is 1. The molecule has 0 atom stereocenters. The van der Waals surface area contributed by atoms with E-state index in [4.69, 9.17) is 6.42 Å². The van der Waals surface area contributed by atoms with E-state index in [1.807, 2.05) is 31.3 Å². The van der Waals surface area contributed by atoms with Gasteiger partial charge in [-0.05, 0) is 19.1 Å². The van der Waals surface area contributed by atoms with Gasteiger partial charge in [-0.2, -0.15) is 0 Å². The standard InChI is InChI=1S/C13H13N3O/c1-3-4-8-14-13(17)12-10(2)15-11-7-5-6-9-16(11)12/h1,5-7,9H,4,8H2,2H3,(H,14,17). The number of rotatable bonds is 3. The number of nitrogens with one attached hydrogen (secondary N) is 1. The van der Waals surface area contributed by atoms with Crippen molar-refractivity contribution < 1.29 is 4.79 Å². The topological polar surface area (TPSA) is 46.4 Å². The molecule has 2 heterocycles. The van der Waals surface area contributed by atoms with Crippen molar-refractivity contribution in [1.29, 1.82) is 0 Å². The summed E-state index contributed by atoms with van der Waals surface area (Å²) in [5.41, 5.74) is 2.05. The lowest BCUT2D eigenvalue weighted by Gasteiger charge is -2.03. The average molecular weight is 227 g/mol. The molecule has 2 aromatic heterocycles. The second-order valence-corrected chi connectivity index (χ2v) is 3.68. The number of aryl methyl sites for hydroxylation is 1. The van der Waals surface area contributed by atoms with Crippen molar-refractivity contribution in [2.75, 3.05) is 6.54 Å². The van der Waals surface area contributed by atoms with Crippen LogP contribution in [0.1, 0.15) is 22.6 Å². The molecular formula is C13H13N3O. The number of carbonyl (C=O) groups is 1. The zero-order chi connectivity index (χ0) is 12.3. The Kier molecular flexibility index (Phi) is 3.10. The van der Waals surface area contributed by atoms with Gasteiger partial charge in [-0.15, -0.1) is 12.3 Å². The Balaban J connectivity index is 2.32. The predicted octanol–water partition coefficient (Wildman–Crippen LogP) is 1.40. The van der Waals surface area contributed by atoms with Crippen molar-refractivity contribution >= 4 is 11.6 Å². The normalized spacial score (nSPS) is 10.1. The van der Waals surface area contributed by atoms with Crippen LogP contribution >= 0.6 is 0 Å². The lowest BCUT2D eigenvalue weighted by molar-refractivity contribution is 0.0948. The third-order valence-corrected chi connectivity index (χ3v) is 2.47. The molecule has 4 heteroatoms. The Morgan fingerprint density at radius 3 is 3.18 bits per heavy atom. The molecule has 86 valence electrons. The van der Waals surface area contributed by atoms with Crippen molar-refractivity contribution in [1.82, 2.24) is 14.7 Å². The monoisotopic (exact) mass is 227 g/mol. The maximum Gasteiger partial charge on any atom is 0.270 e. The molecule has 0 unspecified atom stereocenters. The minimum absolute atomic E-state index is 0.142. The van der Waals surface area contributed by atoms with Gasteiger partial charge in [-0.25, -0.2) is 4.98 Å². The SMILES string of the molecule is C#CCCNC(=O)c1c(C)nc2ccccn12. The molecule has 0 aliphatic rings. The van der Waals surface area contributed by atoms with E-state index in [2.05, 4.69) is 16.2 Å². The van der Waals surface area contributed by atoms with Gasteiger partial charge in [-0.1, -0.05) is 6.07 Å². The molecule has 0 fully saturated rings. The van der Waals surface area contributed by atoms with Crippen LogP contribution in [-0.4, -0.2) is 21.8 Å². The van der Waals surface area contributed by atoms with Crippen LogP contribution in [0.2, 0.25) is 0 Å². The van der Waals surface area contributed by atoms with Gasteiger partial charge in [-0.3, -0.25) is 9.20 Å².